The SMILES string of the molecule is CCc1cc(CC)n(-c2ncnc3c2CCCCC3)n1. The van der Waals surface area contributed by atoms with E-state index in [1.54, 1.807) is 6.33 Å². The Bertz CT molecular complexity index is 601. The first-order valence-electron chi connectivity index (χ1n) is 7.74. The van der Waals surface area contributed by atoms with E-state index in [1.165, 1.54) is 36.2 Å². The van der Waals surface area contributed by atoms with Crippen molar-refractivity contribution in [3.8, 4) is 5.82 Å². The average molecular weight is 270 g/mol. The third-order valence-corrected chi connectivity index (χ3v) is 4.11. The van der Waals surface area contributed by atoms with E-state index in [9.17, 15) is 0 Å². The van der Waals surface area contributed by atoms with Crippen LogP contribution in [0.5, 0.6) is 0 Å². The van der Waals surface area contributed by atoms with Gasteiger partial charge in [0, 0.05) is 17.0 Å². The molecule has 0 atom stereocenters. The molecule has 0 spiro atoms. The van der Waals surface area contributed by atoms with E-state index < -0.39 is 0 Å². The van der Waals surface area contributed by atoms with Gasteiger partial charge in [0.05, 0.1) is 5.69 Å². The fourth-order valence-electron chi connectivity index (χ4n) is 2.95. The predicted molar refractivity (Wildman–Crippen MR) is 79.2 cm³/mol. The fourth-order valence-corrected chi connectivity index (χ4v) is 2.95. The largest absolute Gasteiger partial charge is 0.241 e. The quantitative estimate of drug-likeness (QED) is 0.805. The van der Waals surface area contributed by atoms with Crippen LogP contribution in [0, 0.1) is 0 Å². The van der Waals surface area contributed by atoms with Gasteiger partial charge in [-0.3, -0.25) is 0 Å². The van der Waals surface area contributed by atoms with Gasteiger partial charge in [-0.05, 0) is 44.6 Å². The fraction of sp³-hybridized carbons (Fsp3) is 0.562. The lowest BCUT2D eigenvalue weighted by Gasteiger charge is -2.12. The predicted octanol–water partition coefficient (Wildman–Crippen LogP) is 3.06. The maximum Gasteiger partial charge on any atom is 0.160 e. The molecule has 0 fully saturated rings. The molecule has 0 aliphatic heterocycles. The van der Waals surface area contributed by atoms with Gasteiger partial charge >= 0.3 is 0 Å². The van der Waals surface area contributed by atoms with Crippen molar-refractivity contribution in [3.63, 3.8) is 0 Å². The van der Waals surface area contributed by atoms with Gasteiger partial charge in [-0.25, -0.2) is 14.6 Å². The molecule has 0 saturated heterocycles. The zero-order valence-electron chi connectivity index (χ0n) is 12.4. The molecule has 2 aromatic heterocycles. The van der Waals surface area contributed by atoms with Crippen molar-refractivity contribution >= 4 is 0 Å². The molecular weight excluding hydrogens is 248 g/mol. The van der Waals surface area contributed by atoms with E-state index in [2.05, 4.69) is 29.9 Å². The van der Waals surface area contributed by atoms with Crippen LogP contribution < -0.4 is 0 Å². The molecule has 0 bridgehead atoms. The first-order valence-corrected chi connectivity index (χ1v) is 7.74. The summed E-state index contributed by atoms with van der Waals surface area (Å²) in [6.45, 7) is 4.32. The zero-order valence-corrected chi connectivity index (χ0v) is 12.4. The van der Waals surface area contributed by atoms with Crippen LogP contribution in [0.4, 0.5) is 0 Å². The highest BCUT2D eigenvalue weighted by Crippen LogP contribution is 2.24. The molecule has 4 heteroatoms. The minimum atomic E-state index is 0.966. The molecule has 1 aliphatic carbocycles. The summed E-state index contributed by atoms with van der Waals surface area (Å²) in [7, 11) is 0. The summed E-state index contributed by atoms with van der Waals surface area (Å²) in [6.07, 6.45) is 9.56. The van der Waals surface area contributed by atoms with Crippen LogP contribution in [-0.2, 0) is 25.7 Å². The molecule has 0 aromatic carbocycles. The minimum absolute atomic E-state index is 0.966. The second-order valence-corrected chi connectivity index (χ2v) is 5.43. The van der Waals surface area contributed by atoms with Crippen molar-refractivity contribution in [2.45, 2.75) is 58.8 Å². The van der Waals surface area contributed by atoms with E-state index in [0.29, 0.717) is 0 Å². The number of aryl methyl sites for hydroxylation is 3. The van der Waals surface area contributed by atoms with E-state index in [4.69, 9.17) is 5.10 Å². The normalized spacial score (nSPS) is 14.9. The first-order chi connectivity index (χ1) is 9.83. The van der Waals surface area contributed by atoms with Gasteiger partial charge in [0.1, 0.15) is 6.33 Å². The maximum atomic E-state index is 4.73. The molecule has 20 heavy (non-hydrogen) atoms. The third-order valence-electron chi connectivity index (χ3n) is 4.11. The average Bonchev–Trinajstić information content (AvgIpc) is 2.75. The number of hydrogen-bond acceptors (Lipinski definition) is 3. The molecule has 2 heterocycles. The highest BCUT2D eigenvalue weighted by molar-refractivity contribution is 5.38. The van der Waals surface area contributed by atoms with E-state index in [0.717, 1.165) is 37.2 Å². The summed E-state index contributed by atoms with van der Waals surface area (Å²) in [4.78, 5) is 9.05. The van der Waals surface area contributed by atoms with Crippen LogP contribution in [0.15, 0.2) is 12.4 Å². The lowest BCUT2D eigenvalue weighted by molar-refractivity contribution is 0.705. The van der Waals surface area contributed by atoms with Crippen LogP contribution in [0.1, 0.15) is 55.8 Å². The third kappa shape index (κ3) is 2.35. The maximum absolute atomic E-state index is 4.73. The van der Waals surface area contributed by atoms with Gasteiger partial charge in [0.25, 0.3) is 0 Å². The Morgan fingerprint density at radius 1 is 1.05 bits per heavy atom. The van der Waals surface area contributed by atoms with Crippen molar-refractivity contribution in [2.24, 2.45) is 0 Å². The molecule has 106 valence electrons. The summed E-state index contributed by atoms with van der Waals surface area (Å²) in [6, 6.07) is 2.20. The topological polar surface area (TPSA) is 43.6 Å². The van der Waals surface area contributed by atoms with Gasteiger partial charge in [-0.15, -0.1) is 0 Å². The molecule has 4 nitrogen and oxygen atoms in total. The smallest absolute Gasteiger partial charge is 0.160 e. The van der Waals surface area contributed by atoms with Crippen molar-refractivity contribution in [2.75, 3.05) is 0 Å². The van der Waals surface area contributed by atoms with Gasteiger partial charge in [0.15, 0.2) is 5.82 Å². The number of nitrogens with zero attached hydrogens (tertiary/aromatic N) is 4. The van der Waals surface area contributed by atoms with Crippen molar-refractivity contribution in [3.05, 3.63) is 35.0 Å². The summed E-state index contributed by atoms with van der Waals surface area (Å²) in [5, 5.41) is 4.73. The highest BCUT2D eigenvalue weighted by atomic mass is 15.3. The summed E-state index contributed by atoms with van der Waals surface area (Å²) in [5.41, 5.74) is 4.92. The van der Waals surface area contributed by atoms with Gasteiger partial charge in [-0.2, -0.15) is 5.10 Å². The molecule has 1 aliphatic rings. The van der Waals surface area contributed by atoms with Crippen molar-refractivity contribution in [1.29, 1.82) is 0 Å². The highest BCUT2D eigenvalue weighted by Gasteiger charge is 2.18. The van der Waals surface area contributed by atoms with Gasteiger partial charge in [0.2, 0.25) is 0 Å². The molecule has 0 unspecified atom stereocenters. The second-order valence-electron chi connectivity index (χ2n) is 5.43. The molecule has 3 rings (SSSR count). The first kappa shape index (κ1) is 13.3. The Labute approximate surface area is 120 Å². The molecule has 0 amide bonds. The monoisotopic (exact) mass is 270 g/mol. The van der Waals surface area contributed by atoms with E-state index in [-0.39, 0.29) is 0 Å². The number of fused-ring (bicyclic) bond motifs is 1. The van der Waals surface area contributed by atoms with Crippen molar-refractivity contribution in [1.82, 2.24) is 19.7 Å². The summed E-state index contributed by atoms with van der Waals surface area (Å²) < 4.78 is 2.05. The van der Waals surface area contributed by atoms with Crippen LogP contribution in [0.2, 0.25) is 0 Å². The van der Waals surface area contributed by atoms with Crippen LogP contribution >= 0.6 is 0 Å². The molecule has 0 saturated carbocycles. The Balaban J connectivity index is 2.12. The number of rotatable bonds is 3. The molecule has 0 N–H and O–H groups in total. The molecular formula is C16H22N4. The number of aromatic nitrogens is 4. The lowest BCUT2D eigenvalue weighted by Crippen LogP contribution is -2.10. The van der Waals surface area contributed by atoms with E-state index >= 15 is 0 Å². The minimum Gasteiger partial charge on any atom is -0.241 e. The van der Waals surface area contributed by atoms with Crippen LogP contribution in [0.3, 0.4) is 0 Å². The van der Waals surface area contributed by atoms with Gasteiger partial charge in [-0.1, -0.05) is 20.3 Å². The van der Waals surface area contributed by atoms with Gasteiger partial charge < -0.3 is 0 Å². The van der Waals surface area contributed by atoms with Crippen LogP contribution in [0.25, 0.3) is 5.82 Å². The van der Waals surface area contributed by atoms with Crippen LogP contribution in [-0.4, -0.2) is 19.7 Å². The molecule has 0 radical (unpaired) electrons. The number of hydrogen-bond donors (Lipinski definition) is 0. The Hall–Kier alpha value is -1.71. The Kier molecular flexibility index (Phi) is 3.81. The second kappa shape index (κ2) is 5.73. The van der Waals surface area contributed by atoms with Crippen molar-refractivity contribution < 1.29 is 0 Å². The van der Waals surface area contributed by atoms with E-state index in [1.807, 2.05) is 4.68 Å². The Morgan fingerprint density at radius 3 is 2.70 bits per heavy atom. The lowest BCUT2D eigenvalue weighted by atomic mass is 10.1. The Morgan fingerprint density at radius 2 is 1.90 bits per heavy atom. The standard InChI is InChI=1S/C16H22N4/c1-3-12-10-13(4-2)20(19-12)16-14-8-6-5-7-9-15(14)17-11-18-16/h10-11H,3-9H2,1-2H3. The summed E-state index contributed by atoms with van der Waals surface area (Å²) in [5.74, 6) is 1.01. The summed E-state index contributed by atoms with van der Waals surface area (Å²) >= 11 is 0. The zero-order chi connectivity index (χ0) is 13.9. The molecule has 2 aromatic rings.